The number of rotatable bonds is 2. The minimum absolute atomic E-state index is 0.0608. The molecule has 2 aromatic heterocycles. The summed E-state index contributed by atoms with van der Waals surface area (Å²) in [5, 5.41) is 0. The van der Waals surface area contributed by atoms with Crippen LogP contribution in [0.5, 0.6) is 0 Å². The van der Waals surface area contributed by atoms with E-state index in [-0.39, 0.29) is 11.8 Å². The number of aromatic nitrogens is 2. The molecule has 0 atom stereocenters. The van der Waals surface area contributed by atoms with Crippen LogP contribution in [-0.2, 0) is 17.9 Å². The smallest absolute Gasteiger partial charge is 0.230 e. The van der Waals surface area contributed by atoms with Crippen LogP contribution >= 0.6 is 0 Å². The molecule has 0 unspecified atom stereocenters. The number of aryl methyl sites for hydroxylation is 1. The van der Waals surface area contributed by atoms with E-state index in [0.29, 0.717) is 6.54 Å². The fourth-order valence-corrected chi connectivity index (χ4v) is 4.60. The van der Waals surface area contributed by atoms with Gasteiger partial charge in [-0.1, -0.05) is 23.8 Å². The fraction of sp³-hybridized carbons (Fsp3) is 0.333. The van der Waals surface area contributed by atoms with Gasteiger partial charge in [0, 0.05) is 49.3 Å². The average Bonchev–Trinajstić information content (AvgIpc) is 3.13. The maximum Gasteiger partial charge on any atom is 0.230 e. The molecular weight excluding hydrogens is 360 g/mol. The number of carbonyl (C=O) groups is 1. The maximum atomic E-state index is 13.6. The Morgan fingerprint density at radius 2 is 1.90 bits per heavy atom. The van der Waals surface area contributed by atoms with Crippen LogP contribution < -0.4 is 9.80 Å². The first kappa shape index (κ1) is 18.0. The largest absolute Gasteiger partial charge is 0.357 e. The summed E-state index contributed by atoms with van der Waals surface area (Å²) in [5.74, 6) is 1.32. The van der Waals surface area contributed by atoms with E-state index in [9.17, 15) is 4.79 Å². The van der Waals surface area contributed by atoms with Crippen LogP contribution in [0.1, 0.15) is 29.7 Å². The molecule has 0 aliphatic carbocycles. The van der Waals surface area contributed by atoms with Crippen LogP contribution in [0.3, 0.4) is 0 Å². The lowest BCUT2D eigenvalue weighted by molar-refractivity contribution is -0.123. The van der Waals surface area contributed by atoms with Crippen LogP contribution in [-0.4, -0.2) is 28.5 Å². The number of hydrogen-bond donors (Lipinski definition) is 0. The molecule has 1 saturated heterocycles. The highest BCUT2D eigenvalue weighted by atomic mass is 16.2. The Balaban J connectivity index is 1.38. The van der Waals surface area contributed by atoms with Crippen molar-refractivity contribution in [3.05, 3.63) is 77.7 Å². The Labute approximate surface area is 171 Å². The first-order chi connectivity index (χ1) is 14.2. The van der Waals surface area contributed by atoms with E-state index >= 15 is 0 Å². The summed E-state index contributed by atoms with van der Waals surface area (Å²) < 4.78 is 2.26. The molecule has 5 nitrogen and oxygen atoms in total. The van der Waals surface area contributed by atoms with Crippen LogP contribution in [0.4, 0.5) is 11.5 Å². The van der Waals surface area contributed by atoms with Crippen LogP contribution in [0, 0.1) is 12.8 Å². The predicted molar refractivity (Wildman–Crippen MR) is 115 cm³/mol. The third kappa shape index (κ3) is 3.41. The SMILES string of the molecule is Cc1ccc2c(c1)Cn1cccc1CN2C(=O)C1CCN(c2ccccn2)CC1. The molecule has 0 spiro atoms. The van der Waals surface area contributed by atoms with Gasteiger partial charge in [-0.15, -0.1) is 0 Å². The minimum atomic E-state index is 0.0608. The zero-order chi connectivity index (χ0) is 19.8. The lowest BCUT2D eigenvalue weighted by Crippen LogP contribution is -2.42. The van der Waals surface area contributed by atoms with Gasteiger partial charge in [-0.25, -0.2) is 4.98 Å². The minimum Gasteiger partial charge on any atom is -0.357 e. The number of nitrogens with zero attached hydrogens (tertiary/aromatic N) is 4. The molecule has 0 N–H and O–H groups in total. The summed E-state index contributed by atoms with van der Waals surface area (Å²) >= 11 is 0. The van der Waals surface area contributed by atoms with Crippen molar-refractivity contribution in [2.75, 3.05) is 22.9 Å². The number of fused-ring (bicyclic) bond motifs is 2. The summed E-state index contributed by atoms with van der Waals surface area (Å²) in [5.41, 5.74) is 4.71. The molecule has 0 saturated carbocycles. The molecule has 1 fully saturated rings. The van der Waals surface area contributed by atoms with Crippen molar-refractivity contribution in [2.24, 2.45) is 5.92 Å². The van der Waals surface area contributed by atoms with Crippen molar-refractivity contribution < 1.29 is 4.79 Å². The van der Waals surface area contributed by atoms with Gasteiger partial charge in [0.05, 0.1) is 6.54 Å². The molecule has 4 heterocycles. The van der Waals surface area contributed by atoms with E-state index in [1.807, 2.05) is 29.3 Å². The Kier molecular flexibility index (Phi) is 4.58. The number of carbonyl (C=O) groups excluding carboxylic acids is 1. The van der Waals surface area contributed by atoms with E-state index < -0.39 is 0 Å². The fourth-order valence-electron chi connectivity index (χ4n) is 4.60. The van der Waals surface area contributed by atoms with E-state index in [1.165, 1.54) is 16.8 Å². The first-order valence-corrected chi connectivity index (χ1v) is 10.4. The normalized spacial score (nSPS) is 16.9. The highest BCUT2D eigenvalue weighted by Crippen LogP contribution is 2.32. The predicted octanol–water partition coefficient (Wildman–Crippen LogP) is 4.00. The molecule has 29 heavy (non-hydrogen) atoms. The third-order valence-corrected chi connectivity index (χ3v) is 6.19. The summed E-state index contributed by atoms with van der Waals surface area (Å²) in [7, 11) is 0. The maximum absolute atomic E-state index is 13.6. The van der Waals surface area contributed by atoms with Gasteiger partial charge in [-0.05, 0) is 55.7 Å². The monoisotopic (exact) mass is 386 g/mol. The second-order valence-corrected chi connectivity index (χ2v) is 8.13. The molecule has 1 aromatic carbocycles. The van der Waals surface area contributed by atoms with Gasteiger partial charge in [0.15, 0.2) is 0 Å². The molecule has 0 radical (unpaired) electrons. The quantitative estimate of drug-likeness (QED) is 0.668. The number of pyridine rings is 1. The van der Waals surface area contributed by atoms with Gasteiger partial charge in [0.2, 0.25) is 5.91 Å². The number of amides is 1. The molecular formula is C24H26N4O. The van der Waals surface area contributed by atoms with Crippen LogP contribution in [0.2, 0.25) is 0 Å². The van der Waals surface area contributed by atoms with Crippen molar-refractivity contribution in [3.8, 4) is 0 Å². The van der Waals surface area contributed by atoms with Gasteiger partial charge < -0.3 is 14.4 Å². The molecule has 148 valence electrons. The summed E-state index contributed by atoms with van der Waals surface area (Å²) in [4.78, 5) is 22.4. The number of anilines is 2. The number of piperidine rings is 1. The molecule has 3 aromatic rings. The summed E-state index contributed by atoms with van der Waals surface area (Å²) in [6.07, 6.45) is 5.68. The van der Waals surface area contributed by atoms with E-state index in [4.69, 9.17) is 0 Å². The average molecular weight is 386 g/mol. The van der Waals surface area contributed by atoms with Crippen molar-refractivity contribution >= 4 is 17.4 Å². The van der Waals surface area contributed by atoms with E-state index in [1.54, 1.807) is 0 Å². The van der Waals surface area contributed by atoms with E-state index in [2.05, 4.69) is 57.9 Å². The van der Waals surface area contributed by atoms with Crippen molar-refractivity contribution in [2.45, 2.75) is 32.9 Å². The van der Waals surface area contributed by atoms with Crippen LogP contribution in [0.25, 0.3) is 0 Å². The molecule has 2 aliphatic heterocycles. The van der Waals surface area contributed by atoms with Gasteiger partial charge >= 0.3 is 0 Å². The van der Waals surface area contributed by atoms with E-state index in [0.717, 1.165) is 44.0 Å². The lowest BCUT2D eigenvalue weighted by Gasteiger charge is -2.35. The van der Waals surface area contributed by atoms with Crippen LogP contribution in [0.15, 0.2) is 60.9 Å². The number of hydrogen-bond acceptors (Lipinski definition) is 3. The standard InChI is InChI=1S/C24H26N4O/c1-18-7-8-22-20(15-18)16-27-12-4-5-21(27)17-28(22)24(29)19-9-13-26(14-10-19)23-6-2-3-11-25-23/h2-8,11-12,15,19H,9-10,13-14,16-17H2,1H3. The van der Waals surface area contributed by atoms with Gasteiger partial charge in [-0.3, -0.25) is 4.79 Å². The third-order valence-electron chi connectivity index (χ3n) is 6.19. The zero-order valence-corrected chi connectivity index (χ0v) is 16.8. The van der Waals surface area contributed by atoms with Crippen molar-refractivity contribution in [1.29, 1.82) is 0 Å². The molecule has 0 bridgehead atoms. The molecule has 1 amide bonds. The van der Waals surface area contributed by atoms with Gasteiger partial charge in [-0.2, -0.15) is 0 Å². The molecule has 5 rings (SSSR count). The first-order valence-electron chi connectivity index (χ1n) is 10.4. The second-order valence-electron chi connectivity index (χ2n) is 8.13. The molecule has 5 heteroatoms. The Hall–Kier alpha value is -3.08. The number of benzene rings is 1. The summed E-state index contributed by atoms with van der Waals surface area (Å²) in [6, 6.07) is 16.7. The van der Waals surface area contributed by atoms with Gasteiger partial charge in [0.1, 0.15) is 5.82 Å². The lowest BCUT2D eigenvalue weighted by atomic mass is 9.94. The van der Waals surface area contributed by atoms with Crippen molar-refractivity contribution in [1.82, 2.24) is 9.55 Å². The highest BCUT2D eigenvalue weighted by molar-refractivity contribution is 5.96. The summed E-state index contributed by atoms with van der Waals surface area (Å²) in [6.45, 7) is 5.32. The Morgan fingerprint density at radius 1 is 1.03 bits per heavy atom. The Morgan fingerprint density at radius 3 is 2.69 bits per heavy atom. The highest BCUT2D eigenvalue weighted by Gasteiger charge is 2.32. The Bertz CT molecular complexity index is 1020. The molecule has 2 aliphatic rings. The van der Waals surface area contributed by atoms with Gasteiger partial charge in [0.25, 0.3) is 0 Å². The topological polar surface area (TPSA) is 41.4 Å². The second kappa shape index (κ2) is 7.39. The van der Waals surface area contributed by atoms with Crippen molar-refractivity contribution in [3.63, 3.8) is 0 Å². The zero-order valence-electron chi connectivity index (χ0n) is 16.8.